The molecule has 2 rings (SSSR count). The van der Waals surface area contributed by atoms with Gasteiger partial charge in [-0.15, -0.1) is 0 Å². The Kier molecular flexibility index (Phi) is 9.54. The van der Waals surface area contributed by atoms with Gasteiger partial charge < -0.3 is 24.8 Å². The van der Waals surface area contributed by atoms with Crippen LogP contribution < -0.4 is 15.4 Å². The quantitative estimate of drug-likeness (QED) is 0.379. The molecule has 7 nitrogen and oxygen atoms in total. The van der Waals surface area contributed by atoms with Gasteiger partial charge in [0.1, 0.15) is 12.4 Å². The van der Waals surface area contributed by atoms with Gasteiger partial charge in [-0.3, -0.25) is 9.89 Å². The van der Waals surface area contributed by atoms with E-state index in [0.717, 1.165) is 43.6 Å². The molecule has 7 heteroatoms. The van der Waals surface area contributed by atoms with E-state index in [0.29, 0.717) is 31.8 Å². The standard InChI is InChI=1S/C21H36N4O3/c1-16-6-7-19(20(12-16)28-11-10-26-5)14-24-21(22-4)23-13-17(2)25-8-9-27-15-18(25)3/h6-7,12,17-18H,8-11,13-15H2,1-5H3,(H2,22,23,24). The summed E-state index contributed by atoms with van der Waals surface area (Å²) >= 11 is 0. The number of methoxy groups -OCH3 is 1. The summed E-state index contributed by atoms with van der Waals surface area (Å²) in [4.78, 5) is 6.83. The summed E-state index contributed by atoms with van der Waals surface area (Å²) in [7, 11) is 3.47. The third-order valence-electron chi connectivity index (χ3n) is 4.99. The summed E-state index contributed by atoms with van der Waals surface area (Å²) in [5, 5.41) is 6.83. The van der Waals surface area contributed by atoms with E-state index in [1.807, 2.05) is 0 Å². The molecule has 1 aliphatic heterocycles. The fourth-order valence-corrected chi connectivity index (χ4v) is 3.33. The number of rotatable bonds is 9. The van der Waals surface area contributed by atoms with E-state index in [9.17, 15) is 0 Å². The normalized spacial score (nSPS) is 19.3. The van der Waals surface area contributed by atoms with Crippen LogP contribution in [0.4, 0.5) is 0 Å². The maximum Gasteiger partial charge on any atom is 0.191 e. The first-order valence-corrected chi connectivity index (χ1v) is 10.0. The number of benzene rings is 1. The van der Waals surface area contributed by atoms with Gasteiger partial charge in [-0.2, -0.15) is 0 Å². The number of hydrogen-bond donors (Lipinski definition) is 2. The maximum atomic E-state index is 5.87. The van der Waals surface area contributed by atoms with Crippen LogP contribution >= 0.6 is 0 Å². The van der Waals surface area contributed by atoms with Crippen molar-refractivity contribution in [2.24, 2.45) is 4.99 Å². The zero-order valence-electron chi connectivity index (χ0n) is 18.0. The Morgan fingerprint density at radius 3 is 2.89 bits per heavy atom. The minimum absolute atomic E-state index is 0.407. The molecule has 0 aliphatic carbocycles. The highest BCUT2D eigenvalue weighted by molar-refractivity contribution is 5.79. The molecule has 0 radical (unpaired) electrons. The van der Waals surface area contributed by atoms with Crippen LogP contribution in [-0.2, 0) is 16.0 Å². The minimum atomic E-state index is 0.407. The number of hydrogen-bond acceptors (Lipinski definition) is 5. The van der Waals surface area contributed by atoms with Crippen molar-refractivity contribution >= 4 is 5.96 Å². The largest absolute Gasteiger partial charge is 0.491 e. The van der Waals surface area contributed by atoms with Crippen molar-refractivity contribution in [1.29, 1.82) is 0 Å². The van der Waals surface area contributed by atoms with E-state index in [1.54, 1.807) is 14.2 Å². The number of morpholine rings is 1. The van der Waals surface area contributed by atoms with Crippen LogP contribution in [0.15, 0.2) is 23.2 Å². The SMILES string of the molecule is CN=C(NCc1ccc(C)cc1OCCOC)NCC(C)N1CCOCC1C. The van der Waals surface area contributed by atoms with Gasteiger partial charge in [0.05, 0.1) is 19.8 Å². The summed E-state index contributed by atoms with van der Waals surface area (Å²) in [6.07, 6.45) is 0. The van der Waals surface area contributed by atoms with Crippen molar-refractivity contribution in [2.75, 3.05) is 53.7 Å². The summed E-state index contributed by atoms with van der Waals surface area (Å²) in [6, 6.07) is 7.10. The highest BCUT2D eigenvalue weighted by Crippen LogP contribution is 2.20. The van der Waals surface area contributed by atoms with Crippen LogP contribution in [0.3, 0.4) is 0 Å². The molecule has 0 amide bonds. The fraction of sp³-hybridized carbons (Fsp3) is 0.667. The second-order valence-electron chi connectivity index (χ2n) is 7.27. The first-order valence-electron chi connectivity index (χ1n) is 10.0. The van der Waals surface area contributed by atoms with E-state index in [4.69, 9.17) is 14.2 Å². The summed E-state index contributed by atoms with van der Waals surface area (Å²) in [5.41, 5.74) is 2.27. The van der Waals surface area contributed by atoms with Crippen LogP contribution in [0.2, 0.25) is 0 Å². The lowest BCUT2D eigenvalue weighted by Crippen LogP contribution is -2.52. The second-order valence-corrected chi connectivity index (χ2v) is 7.27. The van der Waals surface area contributed by atoms with Crippen molar-refractivity contribution in [3.63, 3.8) is 0 Å². The molecule has 158 valence electrons. The molecule has 0 aromatic heterocycles. The molecular weight excluding hydrogens is 356 g/mol. The van der Waals surface area contributed by atoms with Crippen LogP contribution in [0.1, 0.15) is 25.0 Å². The van der Waals surface area contributed by atoms with E-state index in [-0.39, 0.29) is 0 Å². The van der Waals surface area contributed by atoms with Crippen LogP contribution in [0.5, 0.6) is 5.75 Å². The Hall–Kier alpha value is -1.83. The van der Waals surface area contributed by atoms with Crippen LogP contribution in [0, 0.1) is 6.92 Å². The molecule has 0 spiro atoms. The lowest BCUT2D eigenvalue weighted by Gasteiger charge is -2.38. The molecule has 2 N–H and O–H groups in total. The molecule has 1 aromatic carbocycles. The van der Waals surface area contributed by atoms with Gasteiger partial charge in [-0.1, -0.05) is 12.1 Å². The predicted molar refractivity (Wildman–Crippen MR) is 113 cm³/mol. The molecular formula is C21H36N4O3. The van der Waals surface area contributed by atoms with Gasteiger partial charge in [0.25, 0.3) is 0 Å². The topological polar surface area (TPSA) is 67.4 Å². The smallest absolute Gasteiger partial charge is 0.191 e. The lowest BCUT2D eigenvalue weighted by molar-refractivity contribution is -0.0174. The van der Waals surface area contributed by atoms with Crippen molar-refractivity contribution in [3.05, 3.63) is 29.3 Å². The molecule has 2 unspecified atom stereocenters. The molecule has 0 bridgehead atoms. The maximum absolute atomic E-state index is 5.87. The number of nitrogens with zero attached hydrogens (tertiary/aromatic N) is 2. The van der Waals surface area contributed by atoms with E-state index in [1.165, 1.54) is 5.56 Å². The zero-order chi connectivity index (χ0) is 20.4. The van der Waals surface area contributed by atoms with E-state index < -0.39 is 0 Å². The van der Waals surface area contributed by atoms with Crippen molar-refractivity contribution < 1.29 is 14.2 Å². The third kappa shape index (κ3) is 6.96. The molecule has 1 aliphatic rings. The van der Waals surface area contributed by atoms with Crippen LogP contribution in [0.25, 0.3) is 0 Å². The molecule has 0 saturated carbocycles. The zero-order valence-corrected chi connectivity index (χ0v) is 18.0. The van der Waals surface area contributed by atoms with Gasteiger partial charge in [0, 0.05) is 51.4 Å². The molecule has 1 heterocycles. The Balaban J connectivity index is 1.86. The number of aryl methyl sites for hydroxylation is 1. The first kappa shape index (κ1) is 22.5. The number of ether oxygens (including phenoxy) is 3. The number of guanidine groups is 1. The van der Waals surface area contributed by atoms with Crippen LogP contribution in [-0.4, -0.2) is 76.6 Å². The monoisotopic (exact) mass is 392 g/mol. The average Bonchev–Trinajstić information content (AvgIpc) is 2.69. The van der Waals surface area contributed by atoms with Gasteiger partial charge >= 0.3 is 0 Å². The fourth-order valence-electron chi connectivity index (χ4n) is 3.33. The molecule has 1 fully saturated rings. The van der Waals surface area contributed by atoms with Crippen molar-refractivity contribution in [2.45, 2.75) is 39.4 Å². The lowest BCUT2D eigenvalue weighted by atomic mass is 10.1. The molecule has 28 heavy (non-hydrogen) atoms. The summed E-state index contributed by atoms with van der Waals surface area (Å²) < 4.78 is 16.5. The van der Waals surface area contributed by atoms with Gasteiger partial charge in [0.15, 0.2) is 5.96 Å². The summed E-state index contributed by atoms with van der Waals surface area (Å²) in [5.74, 6) is 1.67. The van der Waals surface area contributed by atoms with Gasteiger partial charge in [-0.05, 0) is 32.4 Å². The molecule has 2 atom stereocenters. The van der Waals surface area contributed by atoms with Gasteiger partial charge in [-0.25, -0.2) is 0 Å². The minimum Gasteiger partial charge on any atom is -0.491 e. The first-order chi connectivity index (χ1) is 13.5. The Morgan fingerprint density at radius 1 is 1.36 bits per heavy atom. The van der Waals surface area contributed by atoms with Gasteiger partial charge in [0.2, 0.25) is 0 Å². The highest BCUT2D eigenvalue weighted by Gasteiger charge is 2.23. The Bertz CT molecular complexity index is 624. The van der Waals surface area contributed by atoms with Crippen molar-refractivity contribution in [3.8, 4) is 5.75 Å². The Labute approximate surface area is 169 Å². The Morgan fingerprint density at radius 2 is 2.18 bits per heavy atom. The summed E-state index contributed by atoms with van der Waals surface area (Å²) in [6.45, 7) is 11.7. The van der Waals surface area contributed by atoms with E-state index in [2.05, 4.69) is 59.5 Å². The highest BCUT2D eigenvalue weighted by atomic mass is 16.5. The number of nitrogens with one attached hydrogen (secondary N) is 2. The second kappa shape index (κ2) is 11.9. The average molecular weight is 393 g/mol. The molecule has 1 aromatic rings. The predicted octanol–water partition coefficient (Wildman–Crippen LogP) is 1.79. The van der Waals surface area contributed by atoms with Crippen molar-refractivity contribution in [1.82, 2.24) is 15.5 Å². The number of aliphatic imine (C=N–C) groups is 1. The van der Waals surface area contributed by atoms with E-state index >= 15 is 0 Å². The third-order valence-corrected chi connectivity index (χ3v) is 4.99. The molecule has 1 saturated heterocycles.